The molecule has 1 aliphatic carbocycles. The lowest BCUT2D eigenvalue weighted by Crippen LogP contribution is -2.42. The molecule has 0 bridgehead atoms. The molecule has 11 nitrogen and oxygen atoms in total. The van der Waals surface area contributed by atoms with Crippen molar-refractivity contribution in [3.8, 4) is 16.9 Å². The Morgan fingerprint density at radius 1 is 0.880 bits per heavy atom. The summed E-state index contributed by atoms with van der Waals surface area (Å²) in [5.74, 6) is -0.423. The third-order valence-corrected chi connectivity index (χ3v) is 10.2. The molecule has 0 saturated heterocycles. The van der Waals surface area contributed by atoms with Gasteiger partial charge < -0.3 is 25.3 Å². The summed E-state index contributed by atoms with van der Waals surface area (Å²) >= 11 is 0. The molecule has 0 aliphatic heterocycles. The Kier molecular flexibility index (Phi) is 11.4. The van der Waals surface area contributed by atoms with E-state index in [1.54, 1.807) is 57.4 Å². The van der Waals surface area contributed by atoms with Gasteiger partial charge in [0, 0.05) is 12.5 Å². The lowest BCUT2D eigenvalue weighted by atomic mass is 9.98. The molecule has 1 atom stereocenters. The molecular weight excluding hydrogens is 657 g/mol. The van der Waals surface area contributed by atoms with Crippen LogP contribution in [0, 0.1) is 20.8 Å². The van der Waals surface area contributed by atoms with Gasteiger partial charge in [0.05, 0.1) is 12.0 Å². The van der Waals surface area contributed by atoms with Crippen molar-refractivity contribution in [2.45, 2.75) is 57.1 Å². The average molecular weight is 699 g/mol. The number of carbonyl (C=O) groups excluding carboxylic acids is 2. The first-order valence-corrected chi connectivity index (χ1v) is 17.8. The summed E-state index contributed by atoms with van der Waals surface area (Å²) in [6.45, 7) is 5.47. The van der Waals surface area contributed by atoms with Crippen LogP contribution in [0.3, 0.4) is 0 Å². The lowest BCUT2D eigenvalue weighted by Gasteiger charge is -2.19. The maximum atomic E-state index is 13.3. The quantitative estimate of drug-likeness (QED) is 0.0700. The van der Waals surface area contributed by atoms with E-state index in [2.05, 4.69) is 15.0 Å². The molecule has 4 aromatic rings. The van der Waals surface area contributed by atoms with Gasteiger partial charge >= 0.3 is 12.1 Å². The van der Waals surface area contributed by atoms with Crippen LogP contribution in [0.4, 0.5) is 4.79 Å². The first-order chi connectivity index (χ1) is 24.0. The van der Waals surface area contributed by atoms with Gasteiger partial charge in [0.25, 0.3) is 10.0 Å². The van der Waals surface area contributed by atoms with Crippen LogP contribution in [-0.4, -0.2) is 52.7 Å². The number of sulfonamides is 1. The third-order valence-electron chi connectivity index (χ3n) is 8.51. The molecule has 0 radical (unpaired) electrons. The minimum absolute atomic E-state index is 0.0174. The number of carbonyl (C=O) groups is 2. The first kappa shape index (κ1) is 35.9. The summed E-state index contributed by atoms with van der Waals surface area (Å²) in [6.07, 6.45) is -0.361. The van der Waals surface area contributed by atoms with Crippen molar-refractivity contribution in [2.24, 2.45) is 10.7 Å². The SMILES string of the molecule is COc1ccc(COC(=O)[C@H](CCCN=C(N)NS(=O)(=O)c2c(C)cc(C)cc2C)NC(=O)OCC2c3ccccc3-c3ccccc32)cc1. The highest BCUT2D eigenvalue weighted by atomic mass is 32.2. The number of aryl methyl sites for hydroxylation is 3. The summed E-state index contributed by atoms with van der Waals surface area (Å²) in [7, 11) is -2.41. The topological polar surface area (TPSA) is 158 Å². The van der Waals surface area contributed by atoms with E-state index in [0.29, 0.717) is 16.9 Å². The highest BCUT2D eigenvalue weighted by Crippen LogP contribution is 2.44. The second-order valence-corrected chi connectivity index (χ2v) is 13.8. The fourth-order valence-electron chi connectivity index (χ4n) is 6.31. The maximum Gasteiger partial charge on any atom is 0.407 e. The Morgan fingerprint density at radius 3 is 2.08 bits per heavy atom. The van der Waals surface area contributed by atoms with Crippen molar-refractivity contribution in [1.29, 1.82) is 0 Å². The number of amides is 1. The van der Waals surface area contributed by atoms with Gasteiger partial charge in [-0.3, -0.25) is 4.99 Å². The Labute approximate surface area is 292 Å². The van der Waals surface area contributed by atoms with E-state index < -0.39 is 28.1 Å². The van der Waals surface area contributed by atoms with Crippen LogP contribution in [0.5, 0.6) is 5.75 Å². The number of nitrogens with zero attached hydrogens (tertiary/aromatic N) is 1. The van der Waals surface area contributed by atoms with Gasteiger partial charge in [-0.1, -0.05) is 78.4 Å². The largest absolute Gasteiger partial charge is 0.497 e. The standard InChI is InChI=1S/C38H42N4O7S/c1-24-20-25(2)35(26(3)21-24)50(45,46)42-37(39)40-19-9-14-34(36(43)48-22-27-15-17-28(47-4)18-16-27)41-38(44)49-23-33-31-12-7-5-10-29(31)30-11-6-8-13-32(30)33/h5-8,10-13,15-18,20-21,33-34H,9,14,19,22-23H2,1-4H3,(H,41,44)(H3,39,40,42)/t34-/m0/s1. The summed E-state index contributed by atoms with van der Waals surface area (Å²) in [5, 5.41) is 2.66. The predicted octanol–water partition coefficient (Wildman–Crippen LogP) is 5.64. The number of ether oxygens (including phenoxy) is 3. The number of alkyl carbamates (subject to hydrolysis) is 1. The van der Waals surface area contributed by atoms with E-state index in [4.69, 9.17) is 19.9 Å². The normalized spacial score (nSPS) is 13.2. The van der Waals surface area contributed by atoms with Crippen molar-refractivity contribution in [1.82, 2.24) is 10.0 Å². The van der Waals surface area contributed by atoms with E-state index in [1.807, 2.05) is 55.5 Å². The molecular formula is C38H42N4O7S. The van der Waals surface area contributed by atoms with E-state index in [9.17, 15) is 18.0 Å². The van der Waals surface area contributed by atoms with Crippen LogP contribution in [0.1, 0.15) is 52.1 Å². The molecule has 0 saturated carbocycles. The lowest BCUT2D eigenvalue weighted by molar-refractivity contribution is -0.147. The molecule has 1 amide bonds. The minimum atomic E-state index is -3.97. The van der Waals surface area contributed by atoms with Crippen molar-refractivity contribution in [3.63, 3.8) is 0 Å². The number of guanidine groups is 1. The Balaban J connectivity index is 1.22. The van der Waals surface area contributed by atoms with Gasteiger partial charge in [-0.05, 0) is 84.7 Å². The van der Waals surface area contributed by atoms with Crippen molar-refractivity contribution < 1.29 is 32.2 Å². The summed E-state index contributed by atoms with van der Waals surface area (Å²) < 4.78 is 44.9. The molecule has 262 valence electrons. The smallest absolute Gasteiger partial charge is 0.407 e. The maximum absolute atomic E-state index is 13.3. The van der Waals surface area contributed by atoms with E-state index in [-0.39, 0.29) is 49.4 Å². The number of fused-ring (bicyclic) bond motifs is 3. The summed E-state index contributed by atoms with van der Waals surface area (Å²) in [6, 6.07) is 25.6. The first-order valence-electron chi connectivity index (χ1n) is 16.3. The molecule has 0 unspecified atom stereocenters. The monoisotopic (exact) mass is 698 g/mol. The van der Waals surface area contributed by atoms with Crippen LogP contribution in [0.25, 0.3) is 11.1 Å². The number of methoxy groups -OCH3 is 1. The zero-order chi connectivity index (χ0) is 35.8. The fourth-order valence-corrected chi connectivity index (χ4v) is 7.72. The van der Waals surface area contributed by atoms with Crippen LogP contribution in [0.2, 0.25) is 0 Å². The highest BCUT2D eigenvalue weighted by Gasteiger charge is 2.30. The van der Waals surface area contributed by atoms with Gasteiger partial charge in [0.15, 0.2) is 0 Å². The molecule has 4 aromatic carbocycles. The summed E-state index contributed by atoms with van der Waals surface area (Å²) in [5.41, 5.74) is 13.2. The number of nitrogens with one attached hydrogen (secondary N) is 2. The molecule has 12 heteroatoms. The molecule has 0 aromatic heterocycles. The minimum Gasteiger partial charge on any atom is -0.497 e. The summed E-state index contributed by atoms with van der Waals surface area (Å²) in [4.78, 5) is 30.7. The number of benzene rings is 4. The van der Waals surface area contributed by atoms with Crippen molar-refractivity contribution in [3.05, 3.63) is 118 Å². The van der Waals surface area contributed by atoms with Gasteiger partial charge in [0.1, 0.15) is 25.0 Å². The molecule has 0 spiro atoms. The Morgan fingerprint density at radius 2 is 1.48 bits per heavy atom. The van der Waals surface area contributed by atoms with Gasteiger partial charge in [0.2, 0.25) is 5.96 Å². The number of aliphatic imine (C=N–C) groups is 1. The second-order valence-electron chi connectivity index (χ2n) is 12.2. The predicted molar refractivity (Wildman–Crippen MR) is 191 cm³/mol. The number of hydrogen-bond donors (Lipinski definition) is 3. The van der Waals surface area contributed by atoms with Crippen LogP contribution in [-0.2, 0) is 30.9 Å². The van der Waals surface area contributed by atoms with Crippen LogP contribution in [0.15, 0.2) is 94.8 Å². The second kappa shape index (κ2) is 15.9. The number of rotatable bonds is 13. The van der Waals surface area contributed by atoms with E-state index in [0.717, 1.165) is 33.4 Å². The fraction of sp³-hybridized carbons (Fsp3) is 0.289. The van der Waals surface area contributed by atoms with Gasteiger partial charge in [-0.25, -0.2) is 22.7 Å². The highest BCUT2D eigenvalue weighted by molar-refractivity contribution is 7.90. The number of hydrogen-bond acceptors (Lipinski definition) is 8. The third kappa shape index (κ3) is 8.61. The van der Waals surface area contributed by atoms with Crippen molar-refractivity contribution in [2.75, 3.05) is 20.3 Å². The van der Waals surface area contributed by atoms with Crippen LogP contribution >= 0.6 is 0 Å². The van der Waals surface area contributed by atoms with E-state index >= 15 is 0 Å². The zero-order valence-electron chi connectivity index (χ0n) is 28.6. The number of nitrogens with two attached hydrogens (primary N) is 1. The molecule has 1 aliphatic rings. The van der Waals surface area contributed by atoms with Gasteiger partial charge in [-0.15, -0.1) is 0 Å². The molecule has 0 heterocycles. The molecule has 5 rings (SSSR count). The molecule has 4 N–H and O–H groups in total. The number of esters is 1. The average Bonchev–Trinajstić information content (AvgIpc) is 3.40. The Hall–Kier alpha value is -5.36. The molecule has 50 heavy (non-hydrogen) atoms. The Bertz CT molecular complexity index is 1930. The zero-order valence-corrected chi connectivity index (χ0v) is 29.4. The van der Waals surface area contributed by atoms with Crippen molar-refractivity contribution >= 4 is 28.0 Å². The van der Waals surface area contributed by atoms with E-state index in [1.165, 1.54) is 0 Å². The van der Waals surface area contributed by atoms with Crippen LogP contribution < -0.4 is 20.5 Å². The van der Waals surface area contributed by atoms with Gasteiger partial charge in [-0.2, -0.15) is 0 Å². The molecule has 0 fully saturated rings.